The van der Waals surface area contributed by atoms with Gasteiger partial charge in [-0.25, -0.2) is 4.98 Å². The van der Waals surface area contributed by atoms with Gasteiger partial charge in [0.05, 0.1) is 23.9 Å². The van der Waals surface area contributed by atoms with Gasteiger partial charge in [-0.2, -0.15) is 0 Å². The summed E-state index contributed by atoms with van der Waals surface area (Å²) in [6, 6.07) is 16.2. The minimum absolute atomic E-state index is 0.568. The first-order valence-corrected chi connectivity index (χ1v) is 12.0. The van der Waals surface area contributed by atoms with Gasteiger partial charge in [0.1, 0.15) is 16.8 Å². The minimum Gasteiger partial charge on any atom is -0.452 e. The van der Waals surface area contributed by atoms with Gasteiger partial charge in [0.15, 0.2) is 5.58 Å². The van der Waals surface area contributed by atoms with Crippen LogP contribution in [0.4, 0.5) is 5.69 Å². The van der Waals surface area contributed by atoms with E-state index in [4.69, 9.17) is 9.40 Å². The molecule has 1 fully saturated rings. The number of benzene rings is 2. The van der Waals surface area contributed by atoms with Gasteiger partial charge in [-0.1, -0.05) is 35.5 Å². The van der Waals surface area contributed by atoms with Crippen LogP contribution in [0.1, 0.15) is 12.1 Å². The van der Waals surface area contributed by atoms with Gasteiger partial charge in [-0.3, -0.25) is 4.68 Å². The predicted molar refractivity (Wildman–Crippen MR) is 135 cm³/mol. The summed E-state index contributed by atoms with van der Waals surface area (Å²) in [6.07, 6.45) is 3.12. The highest BCUT2D eigenvalue weighted by molar-refractivity contribution is 6.13. The molecular formula is C26H29N7O. The van der Waals surface area contributed by atoms with Crippen LogP contribution >= 0.6 is 0 Å². The van der Waals surface area contributed by atoms with Crippen LogP contribution in [0.3, 0.4) is 0 Å². The molecule has 0 bridgehead atoms. The van der Waals surface area contributed by atoms with E-state index in [9.17, 15) is 0 Å². The van der Waals surface area contributed by atoms with Crippen molar-refractivity contribution in [2.24, 2.45) is 0 Å². The Hall–Kier alpha value is -3.49. The molecule has 0 saturated carbocycles. The molecule has 2 aromatic carbocycles. The lowest BCUT2D eigenvalue weighted by Crippen LogP contribution is -2.44. The van der Waals surface area contributed by atoms with Crippen LogP contribution in [-0.2, 0) is 13.1 Å². The van der Waals surface area contributed by atoms with E-state index in [-0.39, 0.29) is 0 Å². The summed E-state index contributed by atoms with van der Waals surface area (Å²) in [5, 5.41) is 14.4. The number of hydrogen-bond acceptors (Lipinski definition) is 7. The second kappa shape index (κ2) is 9.04. The van der Waals surface area contributed by atoms with Crippen molar-refractivity contribution >= 4 is 38.7 Å². The van der Waals surface area contributed by atoms with Crippen molar-refractivity contribution in [3.63, 3.8) is 0 Å². The lowest BCUT2D eigenvalue weighted by Gasteiger charge is -2.32. The van der Waals surface area contributed by atoms with Crippen molar-refractivity contribution < 1.29 is 4.42 Å². The number of aryl methyl sites for hydroxylation is 1. The normalized spacial score (nSPS) is 15.6. The van der Waals surface area contributed by atoms with E-state index in [1.807, 2.05) is 47.3 Å². The predicted octanol–water partition coefficient (Wildman–Crippen LogP) is 3.98. The lowest BCUT2D eigenvalue weighted by molar-refractivity contribution is 0.151. The molecule has 1 N–H and O–H groups in total. The first-order chi connectivity index (χ1) is 16.7. The Morgan fingerprint density at radius 2 is 1.74 bits per heavy atom. The number of rotatable bonds is 7. The number of fused-ring (bicyclic) bond motifs is 4. The summed E-state index contributed by atoms with van der Waals surface area (Å²) in [5.74, 6) is 0. The number of anilines is 1. The highest BCUT2D eigenvalue weighted by Gasteiger charge is 2.17. The van der Waals surface area contributed by atoms with Crippen molar-refractivity contribution in [3.05, 3.63) is 60.4 Å². The molecule has 4 heterocycles. The van der Waals surface area contributed by atoms with Crippen molar-refractivity contribution in [3.8, 4) is 0 Å². The summed E-state index contributed by atoms with van der Waals surface area (Å²) in [4.78, 5) is 9.81. The Morgan fingerprint density at radius 3 is 2.62 bits per heavy atom. The quantitative estimate of drug-likeness (QED) is 0.398. The third-order valence-electron chi connectivity index (χ3n) is 6.69. The van der Waals surface area contributed by atoms with Gasteiger partial charge < -0.3 is 19.5 Å². The molecule has 34 heavy (non-hydrogen) atoms. The summed E-state index contributed by atoms with van der Waals surface area (Å²) in [7, 11) is 2.19. The number of pyridine rings is 1. The Morgan fingerprint density at radius 1 is 0.941 bits per heavy atom. The molecule has 8 nitrogen and oxygen atoms in total. The van der Waals surface area contributed by atoms with Crippen molar-refractivity contribution in [2.75, 3.05) is 45.1 Å². The standard InChI is InChI=1S/C26H29N7O/c1-31-13-15-32(16-14-31)11-6-12-33-18-19(29-30-33)17-27-24-20-7-2-4-9-22(20)28-25-21-8-3-5-10-23(21)34-26(24)25/h2-5,7-10,18H,6,11-17H2,1H3,(H,27,28). The average Bonchev–Trinajstić information content (AvgIpc) is 3.47. The summed E-state index contributed by atoms with van der Waals surface area (Å²) >= 11 is 0. The van der Waals surface area contributed by atoms with Gasteiger partial charge in [-0.15, -0.1) is 5.10 Å². The molecule has 0 aliphatic carbocycles. The number of aromatic nitrogens is 4. The van der Waals surface area contributed by atoms with Crippen LogP contribution in [-0.4, -0.2) is 69.5 Å². The number of piperazine rings is 1. The van der Waals surface area contributed by atoms with Gasteiger partial charge in [0.2, 0.25) is 0 Å². The van der Waals surface area contributed by atoms with E-state index < -0.39 is 0 Å². The number of hydrogen-bond donors (Lipinski definition) is 1. The van der Waals surface area contributed by atoms with Gasteiger partial charge >= 0.3 is 0 Å². The Kier molecular flexibility index (Phi) is 5.60. The first-order valence-electron chi connectivity index (χ1n) is 12.0. The zero-order valence-electron chi connectivity index (χ0n) is 19.4. The molecule has 0 spiro atoms. The molecule has 174 valence electrons. The fraction of sp³-hybridized carbons (Fsp3) is 0.346. The summed E-state index contributed by atoms with van der Waals surface area (Å²) in [6.45, 7) is 7.17. The third kappa shape index (κ3) is 4.10. The fourth-order valence-corrected chi connectivity index (χ4v) is 4.75. The SMILES string of the molecule is CN1CCN(CCCn2cc(CNc3c4ccccc4nc4c3oc3ccccc34)nn2)CC1. The molecule has 0 atom stereocenters. The Bertz CT molecular complexity index is 1430. The van der Waals surface area contributed by atoms with Crippen LogP contribution in [0.5, 0.6) is 0 Å². The Balaban J connectivity index is 1.18. The number of furan rings is 1. The molecule has 0 unspecified atom stereocenters. The molecule has 8 heteroatoms. The van der Waals surface area contributed by atoms with Crippen LogP contribution in [0, 0.1) is 0 Å². The highest BCUT2D eigenvalue weighted by Crippen LogP contribution is 2.36. The smallest absolute Gasteiger partial charge is 0.177 e. The van der Waals surface area contributed by atoms with E-state index in [0.29, 0.717) is 6.54 Å². The number of nitrogens with zero attached hydrogens (tertiary/aromatic N) is 6. The van der Waals surface area contributed by atoms with E-state index in [0.717, 1.165) is 90.0 Å². The van der Waals surface area contributed by atoms with Crippen LogP contribution in [0.15, 0.2) is 59.1 Å². The van der Waals surface area contributed by atoms with E-state index in [1.165, 1.54) is 0 Å². The van der Waals surface area contributed by atoms with Gasteiger partial charge in [0.25, 0.3) is 0 Å². The minimum atomic E-state index is 0.568. The van der Waals surface area contributed by atoms with Gasteiger partial charge in [0, 0.05) is 50.0 Å². The maximum atomic E-state index is 6.23. The second-order valence-electron chi connectivity index (χ2n) is 9.10. The van der Waals surface area contributed by atoms with Crippen molar-refractivity contribution in [1.29, 1.82) is 0 Å². The van der Waals surface area contributed by atoms with Crippen LogP contribution < -0.4 is 5.32 Å². The molecule has 6 rings (SSSR count). The number of likely N-dealkylation sites (N-methyl/N-ethyl adjacent to an activating group) is 1. The molecule has 5 aromatic rings. The molecule has 0 amide bonds. The zero-order valence-corrected chi connectivity index (χ0v) is 19.4. The number of para-hydroxylation sites is 2. The molecule has 1 saturated heterocycles. The van der Waals surface area contributed by atoms with Crippen molar-refractivity contribution in [1.82, 2.24) is 29.8 Å². The van der Waals surface area contributed by atoms with E-state index >= 15 is 0 Å². The number of nitrogens with one attached hydrogen (secondary N) is 1. The van der Waals surface area contributed by atoms with Crippen LogP contribution in [0.25, 0.3) is 33.0 Å². The molecule has 0 radical (unpaired) electrons. The van der Waals surface area contributed by atoms with Gasteiger partial charge in [-0.05, 0) is 31.7 Å². The maximum Gasteiger partial charge on any atom is 0.177 e. The van der Waals surface area contributed by atoms with E-state index in [1.54, 1.807) is 0 Å². The first kappa shape index (κ1) is 21.1. The maximum absolute atomic E-state index is 6.23. The zero-order chi connectivity index (χ0) is 22.9. The monoisotopic (exact) mass is 455 g/mol. The molecular weight excluding hydrogens is 426 g/mol. The van der Waals surface area contributed by atoms with E-state index in [2.05, 4.69) is 44.6 Å². The summed E-state index contributed by atoms with van der Waals surface area (Å²) in [5.41, 5.74) is 5.29. The Labute approximate surface area is 198 Å². The van der Waals surface area contributed by atoms with Crippen LogP contribution in [0.2, 0.25) is 0 Å². The third-order valence-corrected chi connectivity index (χ3v) is 6.69. The second-order valence-corrected chi connectivity index (χ2v) is 9.10. The topological polar surface area (TPSA) is 75.2 Å². The molecule has 1 aliphatic heterocycles. The molecule has 1 aliphatic rings. The summed E-state index contributed by atoms with van der Waals surface area (Å²) < 4.78 is 8.18. The largest absolute Gasteiger partial charge is 0.452 e. The fourth-order valence-electron chi connectivity index (χ4n) is 4.75. The average molecular weight is 456 g/mol. The highest BCUT2D eigenvalue weighted by atomic mass is 16.3. The van der Waals surface area contributed by atoms with Crippen molar-refractivity contribution in [2.45, 2.75) is 19.5 Å². The molecule has 3 aromatic heterocycles. The lowest BCUT2D eigenvalue weighted by atomic mass is 10.1.